The minimum absolute atomic E-state index is 0.0487. The zero-order valence-corrected chi connectivity index (χ0v) is 34.5. The third kappa shape index (κ3) is 6.29. The molecule has 0 spiro atoms. The first kappa shape index (κ1) is 44.3. The highest BCUT2D eigenvalue weighted by atomic mass is 16.8. The van der Waals surface area contributed by atoms with E-state index >= 15 is 0 Å². The fourth-order valence-corrected chi connectivity index (χ4v) is 13.8. The van der Waals surface area contributed by atoms with Gasteiger partial charge in [0.05, 0.1) is 50.0 Å². The lowest BCUT2D eigenvalue weighted by Gasteiger charge is -2.71. The maximum absolute atomic E-state index is 13.2. The Hall–Kier alpha value is -1.80. The maximum Gasteiger partial charge on any atom is 0.311 e. The summed E-state index contributed by atoms with van der Waals surface area (Å²) >= 11 is 0. The van der Waals surface area contributed by atoms with Crippen LogP contribution >= 0.6 is 0 Å². The normalized spacial score (nSPS) is 54.2. The molecule has 0 unspecified atom stereocenters. The van der Waals surface area contributed by atoms with Gasteiger partial charge in [-0.2, -0.15) is 0 Å². The molecule has 2 saturated heterocycles. The molecule has 0 amide bonds. The van der Waals surface area contributed by atoms with Crippen LogP contribution in [0.25, 0.3) is 0 Å². The molecule has 4 saturated carbocycles. The largest absolute Gasteiger partial charge is 0.481 e. The lowest BCUT2D eigenvalue weighted by atomic mass is 9.33. The number of hydrogen-bond acceptors (Lipinski definition) is 15. The van der Waals surface area contributed by atoms with Gasteiger partial charge in [0.25, 0.3) is 0 Å². The molecule has 5 aliphatic carbocycles. The first-order chi connectivity index (χ1) is 27.1. The smallest absolute Gasteiger partial charge is 0.311 e. The molecule has 6 fully saturated rings. The van der Waals surface area contributed by atoms with Crippen molar-refractivity contribution in [3.05, 3.63) is 11.6 Å². The van der Waals surface area contributed by atoms with Crippen LogP contribution in [0.15, 0.2) is 11.6 Å². The summed E-state index contributed by atoms with van der Waals surface area (Å²) in [6.07, 6.45) is -8.95. The second-order valence-electron chi connectivity index (χ2n) is 20.1. The molecule has 16 heteroatoms. The van der Waals surface area contributed by atoms with Crippen LogP contribution in [0.2, 0.25) is 0 Å². The molecular weight excluding hydrogens is 760 g/mol. The minimum atomic E-state index is -1.76. The van der Waals surface area contributed by atoms with Crippen LogP contribution in [-0.4, -0.2) is 152 Å². The van der Waals surface area contributed by atoms with Crippen LogP contribution < -0.4 is 0 Å². The molecule has 16 nitrogen and oxygen atoms in total. The summed E-state index contributed by atoms with van der Waals surface area (Å²) < 4.78 is 28.4. The number of aliphatic hydroxyl groups excluding tert-OH is 8. The maximum atomic E-state index is 13.2. The van der Waals surface area contributed by atoms with Gasteiger partial charge in [-0.3, -0.25) is 9.59 Å². The number of carbonyl (C=O) groups excluding carboxylic acids is 1. The Morgan fingerprint density at radius 3 is 2.12 bits per heavy atom. The van der Waals surface area contributed by atoms with Crippen LogP contribution in [0.1, 0.15) is 92.4 Å². The molecule has 58 heavy (non-hydrogen) atoms. The Morgan fingerprint density at radius 2 is 1.48 bits per heavy atom. The van der Waals surface area contributed by atoms with E-state index in [1.165, 1.54) is 7.11 Å². The Balaban J connectivity index is 1.11. The SMILES string of the molecule is COC(=O)[C@]1(C)CC[C@]2(C(=O)O)CC[C@@]3(C)C(=CC[C@@H]4[C@]5(C)C[C@H](O)[C@@H](O[C@H]6CO[C@H](O[C@@H]7O[C@H](CO)[C@@H](O)[C@H](O)[C@H]7O)[C@@H](O)[C@@H]6O)[C@](C)(CO)[C@H]5CC[C@]43C)[C@H]2C1. The number of carbonyl (C=O) groups is 2. The topological polar surface area (TPSA) is 262 Å². The van der Waals surface area contributed by atoms with E-state index < -0.39 is 102 Å². The Labute approximate surface area is 339 Å². The van der Waals surface area contributed by atoms with Crippen molar-refractivity contribution in [2.75, 3.05) is 26.9 Å². The summed E-state index contributed by atoms with van der Waals surface area (Å²) in [4.78, 5) is 26.3. The van der Waals surface area contributed by atoms with E-state index in [0.717, 1.165) is 12.0 Å². The van der Waals surface area contributed by atoms with Crippen molar-refractivity contribution >= 4 is 11.9 Å². The quantitative estimate of drug-likeness (QED) is 0.120. The van der Waals surface area contributed by atoms with Gasteiger partial charge < -0.3 is 69.6 Å². The second-order valence-corrected chi connectivity index (χ2v) is 20.1. The molecule has 20 atom stereocenters. The zero-order chi connectivity index (χ0) is 42.5. The third-order valence-electron chi connectivity index (χ3n) is 17.4. The van der Waals surface area contributed by atoms with Crippen molar-refractivity contribution in [2.45, 2.75) is 160 Å². The van der Waals surface area contributed by atoms with Gasteiger partial charge in [-0.05, 0) is 98.7 Å². The van der Waals surface area contributed by atoms with E-state index in [4.69, 9.17) is 23.7 Å². The summed E-state index contributed by atoms with van der Waals surface area (Å²) in [5, 5.41) is 96.7. The summed E-state index contributed by atoms with van der Waals surface area (Å²) in [6, 6.07) is 0. The van der Waals surface area contributed by atoms with E-state index in [1.54, 1.807) is 0 Å². The van der Waals surface area contributed by atoms with E-state index in [0.29, 0.717) is 51.4 Å². The first-order valence-corrected chi connectivity index (χ1v) is 21.0. The third-order valence-corrected chi connectivity index (χ3v) is 17.4. The summed E-state index contributed by atoms with van der Waals surface area (Å²) in [7, 11) is 1.38. The van der Waals surface area contributed by atoms with Gasteiger partial charge in [0, 0.05) is 5.41 Å². The molecule has 0 aromatic rings. The summed E-state index contributed by atoms with van der Waals surface area (Å²) in [6.45, 7) is 9.23. The number of rotatable bonds is 8. The number of carboxylic acid groups (broad SMARTS) is 1. The van der Waals surface area contributed by atoms with Crippen molar-refractivity contribution in [2.24, 2.45) is 50.2 Å². The Kier molecular flexibility index (Phi) is 11.6. The van der Waals surface area contributed by atoms with Gasteiger partial charge >= 0.3 is 11.9 Å². The molecule has 7 rings (SSSR count). The van der Waals surface area contributed by atoms with Crippen molar-refractivity contribution in [3.63, 3.8) is 0 Å². The van der Waals surface area contributed by atoms with E-state index in [1.807, 2.05) is 13.8 Å². The molecule has 0 aromatic heterocycles. The van der Waals surface area contributed by atoms with Crippen molar-refractivity contribution in [3.8, 4) is 0 Å². The van der Waals surface area contributed by atoms with Gasteiger partial charge in [0.2, 0.25) is 0 Å². The molecule has 9 N–H and O–H groups in total. The molecule has 7 aliphatic rings. The number of carboxylic acids is 1. The highest BCUT2D eigenvalue weighted by Gasteiger charge is 2.71. The van der Waals surface area contributed by atoms with Crippen LogP contribution in [0.3, 0.4) is 0 Å². The summed E-state index contributed by atoms with van der Waals surface area (Å²) in [5.74, 6) is -1.54. The number of aliphatic carboxylic acids is 1. The Morgan fingerprint density at radius 1 is 0.810 bits per heavy atom. The average Bonchev–Trinajstić information content (AvgIpc) is 3.18. The molecular formula is C42H66O16. The van der Waals surface area contributed by atoms with E-state index in [2.05, 4.69) is 26.8 Å². The van der Waals surface area contributed by atoms with Gasteiger partial charge in [-0.1, -0.05) is 39.3 Å². The van der Waals surface area contributed by atoms with Crippen molar-refractivity contribution < 1.29 is 79.2 Å². The predicted molar refractivity (Wildman–Crippen MR) is 201 cm³/mol. The van der Waals surface area contributed by atoms with E-state index in [9.17, 15) is 55.5 Å². The molecule has 330 valence electrons. The minimum Gasteiger partial charge on any atom is -0.481 e. The van der Waals surface area contributed by atoms with Crippen LogP contribution in [0.5, 0.6) is 0 Å². The van der Waals surface area contributed by atoms with Gasteiger partial charge in [-0.25, -0.2) is 0 Å². The standard InChI is InChI=1S/C42H66O16/c1-37(36(53)54-6)11-13-42(35(51)52)14-12-40(4)20(21(42)15-37)7-8-26-38(2)16-22(45)32(39(3,19-44)25(38)9-10-41(26,40)5)56-24-18-55-33(30(49)28(24)47)58-34-31(50)29(48)27(46)23(17-43)57-34/h7,21-34,43-50H,8-19H2,1-6H3,(H,51,52)/t21-,22+,23-,24+,25+,26-,27-,28-,29+,30+,31-,32-,33-,34+,37-,38-,39-,40+,41-,42+/m1/s1. The average molecular weight is 827 g/mol. The molecule has 0 bridgehead atoms. The molecule has 0 aromatic carbocycles. The number of fused-ring (bicyclic) bond motifs is 7. The fourth-order valence-electron chi connectivity index (χ4n) is 13.8. The number of hydrogen-bond donors (Lipinski definition) is 9. The molecule has 2 heterocycles. The lowest BCUT2D eigenvalue weighted by Crippen LogP contribution is -2.69. The van der Waals surface area contributed by atoms with E-state index in [-0.39, 0.29) is 47.8 Å². The molecule has 0 radical (unpaired) electrons. The molecule has 2 aliphatic heterocycles. The van der Waals surface area contributed by atoms with Gasteiger partial charge in [-0.15, -0.1) is 0 Å². The monoisotopic (exact) mass is 826 g/mol. The number of aliphatic hydroxyl groups is 8. The van der Waals surface area contributed by atoms with Gasteiger partial charge in [0.1, 0.15) is 42.7 Å². The highest BCUT2D eigenvalue weighted by molar-refractivity contribution is 5.80. The van der Waals surface area contributed by atoms with Crippen LogP contribution in [0, 0.1) is 50.2 Å². The number of methoxy groups -OCH3 is 1. The number of ether oxygens (including phenoxy) is 5. The second kappa shape index (κ2) is 15.2. The lowest BCUT2D eigenvalue weighted by molar-refractivity contribution is -0.371. The number of esters is 1. The highest BCUT2D eigenvalue weighted by Crippen LogP contribution is 2.76. The Bertz CT molecular complexity index is 1610. The van der Waals surface area contributed by atoms with Crippen LogP contribution in [-0.2, 0) is 33.3 Å². The predicted octanol–water partition coefficient (Wildman–Crippen LogP) is 0.617. The zero-order valence-electron chi connectivity index (χ0n) is 34.5. The van der Waals surface area contributed by atoms with Crippen LogP contribution in [0.4, 0.5) is 0 Å². The fraction of sp³-hybridized carbons (Fsp3) is 0.905. The summed E-state index contributed by atoms with van der Waals surface area (Å²) in [5.41, 5.74) is -2.81. The van der Waals surface area contributed by atoms with Crippen molar-refractivity contribution in [1.82, 2.24) is 0 Å². The van der Waals surface area contributed by atoms with Gasteiger partial charge in [0.15, 0.2) is 12.6 Å². The first-order valence-electron chi connectivity index (χ1n) is 21.0. The van der Waals surface area contributed by atoms with Crippen molar-refractivity contribution in [1.29, 1.82) is 0 Å². The number of allylic oxidation sites excluding steroid dienone is 2.